The number of nitrogens with one attached hydrogen (secondary N) is 1. The van der Waals surface area contributed by atoms with E-state index < -0.39 is 0 Å². The van der Waals surface area contributed by atoms with Crippen LogP contribution in [0.4, 0.5) is 0 Å². The molecule has 0 fully saturated rings. The third kappa shape index (κ3) is 5.99. The summed E-state index contributed by atoms with van der Waals surface area (Å²) in [4.78, 5) is 2.42. The normalized spacial score (nSPS) is 11.0. The van der Waals surface area contributed by atoms with Crippen LogP contribution in [0, 0.1) is 6.92 Å². The third-order valence-electron chi connectivity index (χ3n) is 4.26. The fraction of sp³-hybridized carbons (Fsp3) is 0.429. The van der Waals surface area contributed by atoms with Crippen LogP contribution < -0.4 is 10.1 Å². The van der Waals surface area contributed by atoms with Gasteiger partial charge in [-0.1, -0.05) is 61.9 Å². The van der Waals surface area contributed by atoms with Crippen molar-refractivity contribution in [2.45, 2.75) is 33.9 Å². The van der Waals surface area contributed by atoms with E-state index >= 15 is 0 Å². The van der Waals surface area contributed by atoms with Gasteiger partial charge in [-0.15, -0.1) is 0 Å². The standard InChI is InChI=1S/C21H30N2O/c1-4-23(5-2)14-13-22-16-20-11-6-7-12-21(20)24-17-19-10-8-9-18(3)15-19/h6-12,15,22H,4-5,13-14,16-17H2,1-3H3. The van der Waals surface area contributed by atoms with E-state index in [9.17, 15) is 0 Å². The van der Waals surface area contributed by atoms with Crippen molar-refractivity contribution < 1.29 is 4.74 Å². The lowest BCUT2D eigenvalue weighted by molar-refractivity contribution is 0.295. The zero-order chi connectivity index (χ0) is 17.2. The molecule has 1 N–H and O–H groups in total. The summed E-state index contributed by atoms with van der Waals surface area (Å²) in [6.07, 6.45) is 0. The summed E-state index contributed by atoms with van der Waals surface area (Å²) in [7, 11) is 0. The summed E-state index contributed by atoms with van der Waals surface area (Å²) in [5.74, 6) is 0.967. The van der Waals surface area contributed by atoms with Gasteiger partial charge in [-0.2, -0.15) is 0 Å². The molecule has 130 valence electrons. The van der Waals surface area contributed by atoms with Gasteiger partial charge < -0.3 is 15.0 Å². The van der Waals surface area contributed by atoms with E-state index in [1.54, 1.807) is 0 Å². The first kappa shape index (κ1) is 18.5. The number of likely N-dealkylation sites (N-methyl/N-ethyl adjacent to an activating group) is 1. The van der Waals surface area contributed by atoms with Gasteiger partial charge in [0.2, 0.25) is 0 Å². The average Bonchev–Trinajstić information content (AvgIpc) is 2.61. The highest BCUT2D eigenvalue weighted by molar-refractivity contribution is 5.33. The van der Waals surface area contributed by atoms with Crippen LogP contribution in [0.2, 0.25) is 0 Å². The highest BCUT2D eigenvalue weighted by Gasteiger charge is 2.04. The van der Waals surface area contributed by atoms with Crippen molar-refractivity contribution in [2.24, 2.45) is 0 Å². The maximum atomic E-state index is 6.05. The second-order valence-electron chi connectivity index (χ2n) is 6.09. The molecule has 0 atom stereocenters. The SMILES string of the molecule is CCN(CC)CCNCc1ccccc1OCc1cccc(C)c1. The van der Waals surface area contributed by atoms with E-state index in [0.717, 1.165) is 38.5 Å². The lowest BCUT2D eigenvalue weighted by atomic mass is 10.1. The van der Waals surface area contributed by atoms with E-state index in [0.29, 0.717) is 6.61 Å². The molecule has 3 heteroatoms. The van der Waals surface area contributed by atoms with Gasteiger partial charge in [0, 0.05) is 25.2 Å². The largest absolute Gasteiger partial charge is 0.489 e. The minimum Gasteiger partial charge on any atom is -0.489 e. The van der Waals surface area contributed by atoms with Crippen molar-refractivity contribution >= 4 is 0 Å². The van der Waals surface area contributed by atoms with Crippen molar-refractivity contribution in [3.63, 3.8) is 0 Å². The van der Waals surface area contributed by atoms with Crippen molar-refractivity contribution in [2.75, 3.05) is 26.2 Å². The highest BCUT2D eigenvalue weighted by atomic mass is 16.5. The van der Waals surface area contributed by atoms with Crippen LogP contribution in [-0.4, -0.2) is 31.1 Å². The van der Waals surface area contributed by atoms with Gasteiger partial charge in [-0.05, 0) is 31.6 Å². The Hall–Kier alpha value is -1.84. The molecule has 0 heterocycles. The average molecular weight is 326 g/mol. The molecule has 2 aromatic rings. The number of aryl methyl sites for hydroxylation is 1. The molecule has 0 saturated heterocycles. The van der Waals surface area contributed by atoms with Gasteiger partial charge in [0.05, 0.1) is 0 Å². The lowest BCUT2D eigenvalue weighted by Crippen LogP contribution is -2.31. The predicted octanol–water partition coefficient (Wildman–Crippen LogP) is 4.01. The quantitative estimate of drug-likeness (QED) is 0.668. The van der Waals surface area contributed by atoms with Gasteiger partial charge in [0.15, 0.2) is 0 Å². The topological polar surface area (TPSA) is 24.5 Å². The second kappa shape index (κ2) is 10.1. The Balaban J connectivity index is 1.85. The van der Waals surface area contributed by atoms with Crippen LogP contribution in [0.1, 0.15) is 30.5 Å². The molecule has 3 nitrogen and oxygen atoms in total. The number of para-hydroxylation sites is 1. The number of rotatable bonds is 10. The molecular weight excluding hydrogens is 296 g/mol. The number of ether oxygens (including phenoxy) is 1. The number of benzene rings is 2. The maximum absolute atomic E-state index is 6.05. The Morgan fingerprint density at radius 3 is 2.54 bits per heavy atom. The van der Waals surface area contributed by atoms with Crippen LogP contribution in [0.5, 0.6) is 5.75 Å². The van der Waals surface area contributed by atoms with Crippen molar-refractivity contribution in [1.29, 1.82) is 0 Å². The molecule has 0 aliphatic heterocycles. The van der Waals surface area contributed by atoms with E-state index in [4.69, 9.17) is 4.74 Å². The Morgan fingerprint density at radius 1 is 1.00 bits per heavy atom. The summed E-state index contributed by atoms with van der Waals surface area (Å²) < 4.78 is 6.05. The zero-order valence-corrected chi connectivity index (χ0v) is 15.2. The third-order valence-corrected chi connectivity index (χ3v) is 4.26. The molecule has 2 aromatic carbocycles. The van der Waals surface area contributed by atoms with Crippen molar-refractivity contribution in [1.82, 2.24) is 10.2 Å². The van der Waals surface area contributed by atoms with Crippen molar-refractivity contribution in [3.05, 3.63) is 65.2 Å². The molecule has 2 rings (SSSR count). The van der Waals surface area contributed by atoms with Crippen LogP contribution in [0.3, 0.4) is 0 Å². The molecule has 0 saturated carbocycles. The van der Waals surface area contributed by atoms with Crippen LogP contribution >= 0.6 is 0 Å². The summed E-state index contributed by atoms with van der Waals surface area (Å²) in [6.45, 7) is 12.3. The zero-order valence-electron chi connectivity index (χ0n) is 15.2. The van der Waals surface area contributed by atoms with Gasteiger partial charge in [-0.3, -0.25) is 0 Å². The Morgan fingerprint density at radius 2 is 1.79 bits per heavy atom. The van der Waals surface area contributed by atoms with Crippen LogP contribution in [-0.2, 0) is 13.2 Å². The van der Waals surface area contributed by atoms with Crippen LogP contribution in [0.25, 0.3) is 0 Å². The number of hydrogen-bond donors (Lipinski definition) is 1. The van der Waals surface area contributed by atoms with Gasteiger partial charge in [0.25, 0.3) is 0 Å². The first-order chi connectivity index (χ1) is 11.7. The summed E-state index contributed by atoms with van der Waals surface area (Å²) >= 11 is 0. The monoisotopic (exact) mass is 326 g/mol. The molecule has 24 heavy (non-hydrogen) atoms. The van der Waals surface area contributed by atoms with E-state index in [2.05, 4.69) is 73.5 Å². The minimum atomic E-state index is 0.609. The molecule has 0 bridgehead atoms. The Kier molecular flexibility index (Phi) is 7.80. The van der Waals surface area contributed by atoms with Gasteiger partial charge >= 0.3 is 0 Å². The van der Waals surface area contributed by atoms with Gasteiger partial charge in [0.1, 0.15) is 12.4 Å². The lowest BCUT2D eigenvalue weighted by Gasteiger charge is -2.18. The van der Waals surface area contributed by atoms with Crippen molar-refractivity contribution in [3.8, 4) is 5.75 Å². The summed E-state index contributed by atoms with van der Waals surface area (Å²) in [6, 6.07) is 16.8. The minimum absolute atomic E-state index is 0.609. The second-order valence-corrected chi connectivity index (χ2v) is 6.09. The Labute approximate surface area is 146 Å². The maximum Gasteiger partial charge on any atom is 0.124 e. The molecular formula is C21H30N2O. The smallest absolute Gasteiger partial charge is 0.124 e. The van der Waals surface area contributed by atoms with E-state index in [1.165, 1.54) is 16.7 Å². The van der Waals surface area contributed by atoms with Gasteiger partial charge in [-0.25, -0.2) is 0 Å². The predicted molar refractivity (Wildman–Crippen MR) is 101 cm³/mol. The first-order valence-corrected chi connectivity index (χ1v) is 8.92. The first-order valence-electron chi connectivity index (χ1n) is 8.92. The molecule has 0 unspecified atom stereocenters. The number of hydrogen-bond acceptors (Lipinski definition) is 3. The van der Waals surface area contributed by atoms with E-state index in [1.807, 2.05) is 6.07 Å². The molecule has 0 spiro atoms. The Bertz CT molecular complexity index is 608. The molecule has 0 aliphatic carbocycles. The van der Waals surface area contributed by atoms with Crippen LogP contribution in [0.15, 0.2) is 48.5 Å². The highest BCUT2D eigenvalue weighted by Crippen LogP contribution is 2.19. The summed E-state index contributed by atoms with van der Waals surface area (Å²) in [5.41, 5.74) is 3.69. The summed E-state index contributed by atoms with van der Waals surface area (Å²) in [5, 5.41) is 3.53. The molecule has 0 amide bonds. The fourth-order valence-electron chi connectivity index (χ4n) is 2.75. The molecule has 0 aromatic heterocycles. The fourth-order valence-corrected chi connectivity index (χ4v) is 2.75. The number of nitrogens with zero attached hydrogens (tertiary/aromatic N) is 1. The molecule has 0 aliphatic rings. The van der Waals surface area contributed by atoms with E-state index in [-0.39, 0.29) is 0 Å². The molecule has 0 radical (unpaired) electrons.